The molecule has 90 valence electrons. The van der Waals surface area contributed by atoms with Crippen LogP contribution in [0.4, 0.5) is 0 Å². The van der Waals surface area contributed by atoms with Gasteiger partial charge in [-0.25, -0.2) is 0 Å². The first-order valence-corrected chi connectivity index (χ1v) is 7.02. The highest BCUT2D eigenvalue weighted by molar-refractivity contribution is 4.95. The van der Waals surface area contributed by atoms with E-state index in [0.29, 0.717) is 0 Å². The maximum absolute atomic E-state index is 2.46. The Bertz CT molecular complexity index is 182. The molecule has 5 atom stereocenters. The second-order valence-electron chi connectivity index (χ2n) is 6.12. The Balaban J connectivity index is 2.49. The first-order chi connectivity index (χ1) is 7.02. The van der Waals surface area contributed by atoms with Crippen molar-refractivity contribution in [1.82, 2.24) is 0 Å². The van der Waals surface area contributed by atoms with Crippen molar-refractivity contribution in [1.29, 1.82) is 0 Å². The van der Waals surface area contributed by atoms with Gasteiger partial charge in [0, 0.05) is 0 Å². The van der Waals surface area contributed by atoms with Crippen LogP contribution >= 0.6 is 0 Å². The van der Waals surface area contributed by atoms with Gasteiger partial charge in [0.05, 0.1) is 0 Å². The molecule has 0 aromatic heterocycles. The average Bonchev–Trinajstić information content (AvgIpc) is 2.97. The lowest BCUT2D eigenvalue weighted by molar-refractivity contribution is 0.223. The maximum atomic E-state index is 2.46. The van der Waals surface area contributed by atoms with E-state index in [1.54, 1.807) is 0 Å². The van der Waals surface area contributed by atoms with E-state index in [4.69, 9.17) is 0 Å². The van der Waals surface area contributed by atoms with Crippen molar-refractivity contribution in [3.8, 4) is 0 Å². The zero-order valence-corrected chi connectivity index (χ0v) is 11.6. The molecule has 0 nitrogen and oxygen atoms in total. The molecule has 15 heavy (non-hydrogen) atoms. The molecule has 0 aliphatic heterocycles. The monoisotopic (exact) mass is 210 g/mol. The summed E-state index contributed by atoms with van der Waals surface area (Å²) >= 11 is 0. The Hall–Kier alpha value is 0. The molecular formula is C15H30. The van der Waals surface area contributed by atoms with Crippen molar-refractivity contribution < 1.29 is 0 Å². The normalized spacial score (nSPS) is 31.4. The van der Waals surface area contributed by atoms with E-state index in [9.17, 15) is 0 Å². The fraction of sp³-hybridized carbons (Fsp3) is 1.00. The van der Waals surface area contributed by atoms with Crippen LogP contribution in [-0.4, -0.2) is 0 Å². The summed E-state index contributed by atoms with van der Waals surface area (Å²) < 4.78 is 0. The van der Waals surface area contributed by atoms with E-state index in [-0.39, 0.29) is 0 Å². The largest absolute Gasteiger partial charge is 0.0651 e. The zero-order valence-electron chi connectivity index (χ0n) is 11.6. The van der Waals surface area contributed by atoms with E-state index >= 15 is 0 Å². The van der Waals surface area contributed by atoms with Gasteiger partial charge >= 0.3 is 0 Å². The van der Waals surface area contributed by atoms with Crippen LogP contribution in [0.3, 0.4) is 0 Å². The molecule has 0 spiro atoms. The van der Waals surface area contributed by atoms with Crippen LogP contribution in [0.25, 0.3) is 0 Å². The first-order valence-electron chi connectivity index (χ1n) is 7.02. The van der Waals surface area contributed by atoms with Crippen molar-refractivity contribution in [3.05, 3.63) is 0 Å². The molecule has 0 bridgehead atoms. The summed E-state index contributed by atoms with van der Waals surface area (Å²) in [5.74, 6) is 5.83. The zero-order chi connectivity index (χ0) is 11.6. The van der Waals surface area contributed by atoms with Crippen LogP contribution in [-0.2, 0) is 0 Å². The lowest BCUT2D eigenvalue weighted by Gasteiger charge is -2.27. The van der Waals surface area contributed by atoms with Gasteiger partial charge in [0.15, 0.2) is 0 Å². The Kier molecular flexibility index (Phi) is 4.67. The van der Waals surface area contributed by atoms with Crippen molar-refractivity contribution >= 4 is 0 Å². The maximum Gasteiger partial charge on any atom is -0.0349 e. The highest BCUT2D eigenvalue weighted by Crippen LogP contribution is 2.53. The second-order valence-corrected chi connectivity index (χ2v) is 6.12. The second kappa shape index (κ2) is 5.37. The lowest BCUT2D eigenvalue weighted by Crippen LogP contribution is -2.20. The minimum absolute atomic E-state index is 0.855. The van der Waals surface area contributed by atoms with Crippen molar-refractivity contribution in [2.24, 2.45) is 35.5 Å². The Labute approximate surface area is 96.8 Å². The van der Waals surface area contributed by atoms with Crippen LogP contribution in [0, 0.1) is 35.5 Å². The molecule has 5 unspecified atom stereocenters. The summed E-state index contributed by atoms with van der Waals surface area (Å²) in [6.45, 7) is 14.4. The fourth-order valence-corrected chi connectivity index (χ4v) is 3.24. The number of rotatable bonds is 6. The Morgan fingerprint density at radius 2 is 1.53 bits per heavy atom. The van der Waals surface area contributed by atoms with Crippen LogP contribution in [0.5, 0.6) is 0 Å². The molecule has 0 saturated heterocycles. The van der Waals surface area contributed by atoms with Gasteiger partial charge in [-0.05, 0) is 41.9 Å². The standard InChI is InChI=1S/C15H30/c1-7-11(5)14-9-15(14)13(8-2)12(6)10(3)4/h10-15H,7-9H2,1-6H3. The van der Waals surface area contributed by atoms with Crippen molar-refractivity contribution in [3.63, 3.8) is 0 Å². The van der Waals surface area contributed by atoms with Gasteiger partial charge in [0.2, 0.25) is 0 Å². The molecule has 0 aromatic rings. The smallest absolute Gasteiger partial charge is 0.0349 e. The summed E-state index contributed by atoms with van der Waals surface area (Å²) in [5.41, 5.74) is 0. The van der Waals surface area contributed by atoms with Crippen LogP contribution in [0.1, 0.15) is 60.8 Å². The predicted octanol–water partition coefficient (Wildman–Crippen LogP) is 4.99. The summed E-state index contributed by atoms with van der Waals surface area (Å²) in [7, 11) is 0. The molecule has 1 aliphatic carbocycles. The minimum Gasteiger partial charge on any atom is -0.0651 e. The topological polar surface area (TPSA) is 0 Å². The Morgan fingerprint density at radius 1 is 0.933 bits per heavy atom. The average molecular weight is 210 g/mol. The highest BCUT2D eigenvalue weighted by atomic mass is 14.5. The molecule has 1 aliphatic rings. The fourth-order valence-electron chi connectivity index (χ4n) is 3.24. The minimum atomic E-state index is 0.855. The molecule has 0 radical (unpaired) electrons. The molecule has 0 heteroatoms. The van der Waals surface area contributed by atoms with E-state index < -0.39 is 0 Å². The van der Waals surface area contributed by atoms with Gasteiger partial charge < -0.3 is 0 Å². The van der Waals surface area contributed by atoms with Crippen LogP contribution in [0.2, 0.25) is 0 Å². The van der Waals surface area contributed by atoms with Gasteiger partial charge in [-0.1, -0.05) is 54.4 Å². The molecule has 0 amide bonds. The molecule has 0 heterocycles. The van der Waals surface area contributed by atoms with Gasteiger partial charge in [0.1, 0.15) is 0 Å². The molecule has 0 N–H and O–H groups in total. The summed E-state index contributed by atoms with van der Waals surface area (Å²) in [6.07, 6.45) is 4.27. The van der Waals surface area contributed by atoms with E-state index in [1.807, 2.05) is 0 Å². The molecule has 1 fully saturated rings. The summed E-state index contributed by atoms with van der Waals surface area (Å²) in [4.78, 5) is 0. The third kappa shape index (κ3) is 2.98. The molecule has 1 rings (SSSR count). The lowest BCUT2D eigenvalue weighted by atomic mass is 9.79. The number of hydrogen-bond donors (Lipinski definition) is 0. The molecule has 1 saturated carbocycles. The van der Waals surface area contributed by atoms with Crippen LogP contribution < -0.4 is 0 Å². The van der Waals surface area contributed by atoms with Gasteiger partial charge in [-0.15, -0.1) is 0 Å². The predicted molar refractivity (Wildman–Crippen MR) is 68.8 cm³/mol. The Morgan fingerprint density at radius 3 is 1.93 bits per heavy atom. The van der Waals surface area contributed by atoms with E-state index in [0.717, 1.165) is 35.5 Å². The SMILES string of the molecule is CCC(C)C1CC1C(CC)C(C)C(C)C. The molecular weight excluding hydrogens is 180 g/mol. The highest BCUT2D eigenvalue weighted by Gasteiger charge is 2.46. The summed E-state index contributed by atoms with van der Waals surface area (Å²) in [6, 6.07) is 0. The van der Waals surface area contributed by atoms with Gasteiger partial charge in [-0.2, -0.15) is 0 Å². The third-order valence-electron chi connectivity index (χ3n) is 5.01. The van der Waals surface area contributed by atoms with E-state index in [1.165, 1.54) is 19.3 Å². The van der Waals surface area contributed by atoms with Crippen molar-refractivity contribution in [2.45, 2.75) is 60.8 Å². The van der Waals surface area contributed by atoms with Gasteiger partial charge in [-0.3, -0.25) is 0 Å². The first kappa shape index (κ1) is 13.1. The quantitative estimate of drug-likeness (QED) is 0.579. The van der Waals surface area contributed by atoms with Crippen molar-refractivity contribution in [2.75, 3.05) is 0 Å². The number of hydrogen-bond acceptors (Lipinski definition) is 0. The summed E-state index contributed by atoms with van der Waals surface area (Å²) in [5, 5.41) is 0. The van der Waals surface area contributed by atoms with Crippen LogP contribution in [0.15, 0.2) is 0 Å². The molecule has 0 aromatic carbocycles. The van der Waals surface area contributed by atoms with Gasteiger partial charge in [0.25, 0.3) is 0 Å². The van der Waals surface area contributed by atoms with E-state index in [2.05, 4.69) is 41.5 Å². The third-order valence-corrected chi connectivity index (χ3v) is 5.01.